The molecule has 46 heavy (non-hydrogen) atoms. The second-order valence-corrected chi connectivity index (χ2v) is 13.5. The molecule has 2 aromatic rings. The van der Waals surface area contributed by atoms with Crippen LogP contribution in [0.15, 0.2) is 23.7 Å². The third-order valence-corrected chi connectivity index (χ3v) is 8.90. The average molecular weight is 663 g/mol. The van der Waals surface area contributed by atoms with Crippen LogP contribution in [0.25, 0.3) is 10.4 Å². The maximum absolute atomic E-state index is 14.5. The van der Waals surface area contributed by atoms with Gasteiger partial charge in [0.25, 0.3) is 5.91 Å². The first-order valence-electron chi connectivity index (χ1n) is 15.4. The number of rotatable bonds is 16. The van der Waals surface area contributed by atoms with E-state index < -0.39 is 47.0 Å². The van der Waals surface area contributed by atoms with Gasteiger partial charge in [-0.15, -0.1) is 11.3 Å². The summed E-state index contributed by atoms with van der Waals surface area (Å²) < 4.78 is 31.1. The summed E-state index contributed by atoms with van der Waals surface area (Å²) in [5.41, 5.74) is 1.49. The molecule has 3 amide bonds. The van der Waals surface area contributed by atoms with Crippen LogP contribution in [0.4, 0.5) is 4.39 Å². The van der Waals surface area contributed by atoms with Crippen molar-refractivity contribution in [3.8, 4) is 16.2 Å². The number of aliphatic hydroxyl groups is 1. The van der Waals surface area contributed by atoms with Crippen molar-refractivity contribution in [3.63, 3.8) is 0 Å². The summed E-state index contributed by atoms with van der Waals surface area (Å²) in [5, 5.41) is 15.9. The minimum atomic E-state index is -1.96. The van der Waals surface area contributed by atoms with Gasteiger partial charge in [0.15, 0.2) is 5.67 Å². The number of benzene rings is 1. The quantitative estimate of drug-likeness (QED) is 0.181. The highest BCUT2D eigenvalue weighted by Gasteiger charge is 2.53. The van der Waals surface area contributed by atoms with Crippen LogP contribution in [0.2, 0.25) is 0 Å². The van der Waals surface area contributed by atoms with Crippen molar-refractivity contribution in [3.05, 3.63) is 35.0 Å². The molecule has 1 saturated carbocycles. The minimum absolute atomic E-state index is 0.0119. The molecular weight excluding hydrogens is 619 g/mol. The van der Waals surface area contributed by atoms with E-state index in [0.717, 1.165) is 16.1 Å². The van der Waals surface area contributed by atoms with Crippen LogP contribution in [0.3, 0.4) is 0 Å². The summed E-state index contributed by atoms with van der Waals surface area (Å²) in [6.07, 6.45) is -0.0189. The zero-order valence-corrected chi connectivity index (χ0v) is 27.5. The van der Waals surface area contributed by atoms with E-state index >= 15 is 0 Å². The van der Waals surface area contributed by atoms with Gasteiger partial charge < -0.3 is 39.6 Å². The molecule has 2 aliphatic rings. The summed E-state index contributed by atoms with van der Waals surface area (Å²) >= 11 is 1.50. The second-order valence-electron chi connectivity index (χ2n) is 12.6. The number of β-amino-alcohol motifs (C(OH)–C–C–N with tert-alkyl or cyclic N) is 1. The fraction of sp³-hybridized carbons (Fsp3) is 0.594. The highest BCUT2D eigenvalue weighted by Crippen LogP contribution is 2.40. The molecule has 0 radical (unpaired) electrons. The van der Waals surface area contributed by atoms with Gasteiger partial charge in [0, 0.05) is 25.1 Å². The second kappa shape index (κ2) is 15.4. The number of alkyl halides is 1. The Morgan fingerprint density at radius 1 is 1.20 bits per heavy atom. The van der Waals surface area contributed by atoms with Crippen LogP contribution >= 0.6 is 11.3 Å². The summed E-state index contributed by atoms with van der Waals surface area (Å²) in [6.45, 7) is 8.25. The van der Waals surface area contributed by atoms with Crippen molar-refractivity contribution in [2.45, 2.75) is 77.4 Å². The van der Waals surface area contributed by atoms with Crippen molar-refractivity contribution in [1.82, 2.24) is 20.5 Å². The lowest BCUT2D eigenvalue weighted by Crippen LogP contribution is -2.59. The highest BCUT2D eigenvalue weighted by atomic mass is 32.1. The van der Waals surface area contributed by atoms with Crippen molar-refractivity contribution >= 4 is 35.3 Å². The fourth-order valence-electron chi connectivity index (χ4n) is 5.13. The first-order valence-corrected chi connectivity index (χ1v) is 16.2. The number of aldehydes is 1. The molecule has 3 atom stereocenters. The van der Waals surface area contributed by atoms with Crippen LogP contribution < -0.4 is 15.4 Å². The number of carbonyl (C=O) groups is 4. The SMILES string of the molecule is Cc1ncsc1-c1ccc(CNC(=O)[C@@H]2C[C@@H](O)CN2C(=O)[C@@H](NC(=O)C2(F)CC2)C(C)(C)C)c(OCCOCCOCC=O)c1. The lowest BCUT2D eigenvalue weighted by atomic mass is 9.85. The number of amides is 3. The van der Waals surface area contributed by atoms with E-state index in [1.165, 1.54) is 16.2 Å². The number of aromatic nitrogens is 1. The first-order chi connectivity index (χ1) is 21.8. The van der Waals surface area contributed by atoms with Crippen molar-refractivity contribution in [2.75, 3.05) is 39.6 Å². The molecule has 1 aromatic heterocycles. The van der Waals surface area contributed by atoms with Gasteiger partial charge in [0.1, 0.15) is 37.3 Å². The van der Waals surface area contributed by atoms with Crippen molar-refractivity contribution < 1.29 is 42.9 Å². The maximum Gasteiger partial charge on any atom is 0.258 e. The predicted molar refractivity (Wildman–Crippen MR) is 168 cm³/mol. The molecule has 2 heterocycles. The Hall–Kier alpha value is -3.46. The van der Waals surface area contributed by atoms with Crippen molar-refractivity contribution in [1.29, 1.82) is 0 Å². The van der Waals surface area contributed by atoms with Gasteiger partial charge in [-0.1, -0.05) is 32.9 Å². The third-order valence-electron chi connectivity index (χ3n) is 7.92. The van der Waals surface area contributed by atoms with E-state index in [-0.39, 0.29) is 58.8 Å². The molecule has 2 fully saturated rings. The number of carbonyl (C=O) groups excluding carboxylic acids is 4. The zero-order chi connectivity index (χ0) is 33.5. The number of ether oxygens (including phenoxy) is 3. The van der Waals surface area contributed by atoms with Gasteiger partial charge in [-0.2, -0.15) is 0 Å². The summed E-state index contributed by atoms with van der Waals surface area (Å²) in [7, 11) is 0. The van der Waals surface area contributed by atoms with Gasteiger partial charge in [-0.3, -0.25) is 14.4 Å². The van der Waals surface area contributed by atoms with Gasteiger partial charge in [0.2, 0.25) is 11.8 Å². The van der Waals surface area contributed by atoms with E-state index in [4.69, 9.17) is 14.2 Å². The standard InChI is InChI=1S/C32H43FN4O8S/c1-20-26(46-19-35-20)21-5-6-22(25(15-21)45-14-13-44-12-11-43-10-9-38)17-34-28(40)24-16-23(39)18-37(24)29(41)27(31(2,3)4)36-30(42)32(33)7-8-32/h5-6,9,15,19,23-24,27,39H,7-8,10-14,16-18H2,1-4H3,(H,34,40)(H,36,42)/t23-,24+,27-/m1/s1. The van der Waals surface area contributed by atoms with E-state index in [1.54, 1.807) is 26.3 Å². The molecule has 0 unspecified atom stereocenters. The monoisotopic (exact) mass is 662 g/mol. The lowest BCUT2D eigenvalue weighted by molar-refractivity contribution is -0.145. The average Bonchev–Trinajstić information content (AvgIpc) is 3.42. The molecule has 1 aliphatic heterocycles. The Labute approximate surface area is 272 Å². The summed E-state index contributed by atoms with van der Waals surface area (Å²) in [5.74, 6) is -1.32. The smallest absolute Gasteiger partial charge is 0.258 e. The first kappa shape index (κ1) is 35.4. The Bertz CT molecular complexity index is 1390. The van der Waals surface area contributed by atoms with Gasteiger partial charge in [-0.05, 0) is 36.8 Å². The Morgan fingerprint density at radius 3 is 2.57 bits per heavy atom. The third kappa shape index (κ3) is 9.08. The van der Waals surface area contributed by atoms with E-state index in [1.807, 2.05) is 25.1 Å². The predicted octanol–water partition coefficient (Wildman–Crippen LogP) is 2.34. The maximum atomic E-state index is 14.5. The van der Waals surface area contributed by atoms with E-state index in [0.29, 0.717) is 24.2 Å². The number of halogens is 1. The summed E-state index contributed by atoms with van der Waals surface area (Å²) in [6, 6.07) is 3.57. The normalized spacial score (nSPS) is 19.4. The molecule has 14 heteroatoms. The number of nitrogens with one attached hydrogen (secondary N) is 2. The molecule has 3 N–H and O–H groups in total. The number of hydrogen-bond acceptors (Lipinski definition) is 10. The molecule has 1 aromatic carbocycles. The molecule has 12 nitrogen and oxygen atoms in total. The molecule has 0 bridgehead atoms. The van der Waals surface area contributed by atoms with Crippen LogP contribution in [0.5, 0.6) is 5.75 Å². The van der Waals surface area contributed by atoms with Gasteiger partial charge in [0.05, 0.1) is 42.0 Å². The zero-order valence-electron chi connectivity index (χ0n) is 26.7. The van der Waals surface area contributed by atoms with Crippen LogP contribution in [0.1, 0.15) is 51.3 Å². The Morgan fingerprint density at radius 2 is 1.91 bits per heavy atom. The topological polar surface area (TPSA) is 156 Å². The lowest BCUT2D eigenvalue weighted by Gasteiger charge is -2.35. The molecule has 252 valence electrons. The molecule has 4 rings (SSSR count). The van der Waals surface area contributed by atoms with Crippen LogP contribution in [0, 0.1) is 12.3 Å². The van der Waals surface area contributed by atoms with Gasteiger partial charge >= 0.3 is 0 Å². The number of hydrogen-bond donors (Lipinski definition) is 3. The van der Waals surface area contributed by atoms with Crippen LogP contribution in [-0.4, -0.2) is 102 Å². The van der Waals surface area contributed by atoms with E-state index in [9.17, 15) is 28.7 Å². The number of nitrogens with zero attached hydrogens (tertiary/aromatic N) is 2. The molecule has 1 aliphatic carbocycles. The number of thiazole rings is 1. The van der Waals surface area contributed by atoms with E-state index in [2.05, 4.69) is 15.6 Å². The number of aliphatic hydroxyl groups excluding tert-OH is 1. The summed E-state index contributed by atoms with van der Waals surface area (Å²) in [4.78, 5) is 56.7. The van der Waals surface area contributed by atoms with Crippen LogP contribution in [-0.2, 0) is 35.2 Å². The largest absolute Gasteiger partial charge is 0.491 e. The van der Waals surface area contributed by atoms with Crippen molar-refractivity contribution in [2.24, 2.45) is 5.41 Å². The van der Waals surface area contributed by atoms with Gasteiger partial charge in [-0.25, -0.2) is 9.37 Å². The highest BCUT2D eigenvalue weighted by molar-refractivity contribution is 7.13. The molecule has 0 spiro atoms. The Kier molecular flexibility index (Phi) is 11.9. The minimum Gasteiger partial charge on any atom is -0.491 e. The Balaban J connectivity index is 1.43. The fourth-order valence-corrected chi connectivity index (χ4v) is 5.94. The number of likely N-dealkylation sites (tertiary alicyclic amines) is 1. The molecule has 1 saturated heterocycles. The molecular formula is C32H43FN4O8S. The number of aryl methyl sites for hydroxylation is 1.